The van der Waals surface area contributed by atoms with Gasteiger partial charge in [-0.15, -0.1) is 0 Å². The Morgan fingerprint density at radius 1 is 0.767 bits per heavy atom. The first-order valence-corrected chi connectivity index (χ1v) is 9.94. The highest BCUT2D eigenvalue weighted by Crippen LogP contribution is 2.45. The van der Waals surface area contributed by atoms with Crippen LogP contribution in [0.1, 0.15) is 23.5 Å². The molecule has 0 saturated heterocycles. The molecule has 4 heteroatoms. The van der Waals surface area contributed by atoms with Crippen molar-refractivity contribution in [1.29, 1.82) is 0 Å². The van der Waals surface area contributed by atoms with Crippen molar-refractivity contribution in [1.82, 2.24) is 4.98 Å². The molecule has 4 aromatic rings. The number of ether oxygens (including phenoxy) is 1. The number of carbonyl (C=O) groups excluding carboxylic acids is 1. The number of nitrogens with zero attached hydrogens (tertiary/aromatic N) is 1. The lowest BCUT2D eigenvalue weighted by atomic mass is 9.85. The lowest BCUT2D eigenvalue weighted by Crippen LogP contribution is -2.19. The number of rotatable bonds is 4. The van der Waals surface area contributed by atoms with Crippen LogP contribution >= 0.6 is 0 Å². The van der Waals surface area contributed by atoms with Crippen molar-refractivity contribution in [3.8, 4) is 22.6 Å². The molecule has 0 aliphatic carbocycles. The van der Waals surface area contributed by atoms with Crippen molar-refractivity contribution in [2.75, 3.05) is 5.32 Å². The fourth-order valence-corrected chi connectivity index (χ4v) is 3.92. The van der Waals surface area contributed by atoms with Crippen LogP contribution in [0, 0.1) is 0 Å². The second-order valence-corrected chi connectivity index (χ2v) is 7.30. The standard InChI is InChI=1S/C26H20N2O2/c29-26(28-20-11-9-18(10-12-20)19-13-15-27-16-14-19)17-23-21-5-1-3-7-24(21)30-25-8-4-2-6-22(23)25/h1-16,23H,17H2,(H,28,29). The molecule has 1 amide bonds. The Labute approximate surface area is 175 Å². The van der Waals surface area contributed by atoms with Gasteiger partial charge in [0.05, 0.1) is 0 Å². The average Bonchev–Trinajstić information content (AvgIpc) is 2.80. The van der Waals surface area contributed by atoms with Gasteiger partial charge in [0.15, 0.2) is 0 Å². The first-order chi connectivity index (χ1) is 14.8. The third-order valence-electron chi connectivity index (χ3n) is 5.38. The molecule has 146 valence electrons. The van der Waals surface area contributed by atoms with Crippen molar-refractivity contribution in [3.63, 3.8) is 0 Å². The van der Waals surface area contributed by atoms with Gasteiger partial charge in [-0.1, -0.05) is 48.5 Å². The van der Waals surface area contributed by atoms with E-state index in [0.29, 0.717) is 6.42 Å². The summed E-state index contributed by atoms with van der Waals surface area (Å²) >= 11 is 0. The Morgan fingerprint density at radius 2 is 1.33 bits per heavy atom. The SMILES string of the molecule is O=C(CC1c2ccccc2Oc2ccccc21)Nc1ccc(-c2ccncc2)cc1. The van der Waals surface area contributed by atoms with E-state index in [1.54, 1.807) is 12.4 Å². The molecule has 30 heavy (non-hydrogen) atoms. The molecule has 1 N–H and O–H groups in total. The summed E-state index contributed by atoms with van der Waals surface area (Å²) < 4.78 is 6.03. The quantitative estimate of drug-likeness (QED) is 0.462. The van der Waals surface area contributed by atoms with Crippen LogP contribution in [0.3, 0.4) is 0 Å². The molecular weight excluding hydrogens is 372 g/mol. The number of amides is 1. The van der Waals surface area contributed by atoms with E-state index in [4.69, 9.17) is 4.74 Å². The van der Waals surface area contributed by atoms with E-state index in [2.05, 4.69) is 10.3 Å². The van der Waals surface area contributed by atoms with E-state index in [0.717, 1.165) is 39.4 Å². The van der Waals surface area contributed by atoms with Crippen LogP contribution in [-0.4, -0.2) is 10.9 Å². The number of anilines is 1. The number of para-hydroxylation sites is 2. The van der Waals surface area contributed by atoms with Gasteiger partial charge >= 0.3 is 0 Å². The number of nitrogens with one attached hydrogen (secondary N) is 1. The minimum atomic E-state index is -0.0396. The molecule has 0 bridgehead atoms. The summed E-state index contributed by atoms with van der Waals surface area (Å²) in [4.78, 5) is 16.9. The fourth-order valence-electron chi connectivity index (χ4n) is 3.92. The predicted octanol–water partition coefficient (Wildman–Crippen LogP) is 6.02. The van der Waals surface area contributed by atoms with Gasteiger partial charge in [-0.3, -0.25) is 9.78 Å². The molecule has 0 saturated carbocycles. The molecule has 0 radical (unpaired) electrons. The normalized spacial score (nSPS) is 12.4. The molecule has 5 rings (SSSR count). The van der Waals surface area contributed by atoms with Gasteiger partial charge in [0.1, 0.15) is 11.5 Å². The topological polar surface area (TPSA) is 51.2 Å². The highest BCUT2D eigenvalue weighted by atomic mass is 16.5. The van der Waals surface area contributed by atoms with Crippen molar-refractivity contribution in [2.45, 2.75) is 12.3 Å². The van der Waals surface area contributed by atoms with Gasteiger partial charge in [0.25, 0.3) is 0 Å². The van der Waals surface area contributed by atoms with E-state index in [1.165, 1.54) is 0 Å². The Hall–Kier alpha value is -3.92. The summed E-state index contributed by atoms with van der Waals surface area (Å²) in [5.74, 6) is 1.57. The van der Waals surface area contributed by atoms with Crippen LogP contribution < -0.4 is 10.1 Å². The number of fused-ring (bicyclic) bond motifs is 2. The predicted molar refractivity (Wildman–Crippen MR) is 118 cm³/mol. The lowest BCUT2D eigenvalue weighted by molar-refractivity contribution is -0.116. The first-order valence-electron chi connectivity index (χ1n) is 9.94. The maximum absolute atomic E-state index is 12.9. The molecule has 0 unspecified atom stereocenters. The number of benzene rings is 3. The van der Waals surface area contributed by atoms with Gasteiger partial charge < -0.3 is 10.1 Å². The summed E-state index contributed by atoms with van der Waals surface area (Å²) in [7, 11) is 0. The number of pyridine rings is 1. The third-order valence-corrected chi connectivity index (χ3v) is 5.38. The average molecular weight is 392 g/mol. The third kappa shape index (κ3) is 3.55. The minimum Gasteiger partial charge on any atom is -0.457 e. The van der Waals surface area contributed by atoms with E-state index >= 15 is 0 Å². The van der Waals surface area contributed by atoms with Crippen molar-refractivity contribution >= 4 is 11.6 Å². The van der Waals surface area contributed by atoms with Crippen LogP contribution in [0.25, 0.3) is 11.1 Å². The van der Waals surface area contributed by atoms with Crippen LogP contribution in [0.2, 0.25) is 0 Å². The van der Waals surface area contributed by atoms with Crippen LogP contribution in [0.15, 0.2) is 97.3 Å². The van der Waals surface area contributed by atoms with Gasteiger partial charge in [-0.25, -0.2) is 0 Å². The second-order valence-electron chi connectivity index (χ2n) is 7.30. The zero-order chi connectivity index (χ0) is 20.3. The maximum Gasteiger partial charge on any atom is 0.225 e. The molecule has 1 aromatic heterocycles. The van der Waals surface area contributed by atoms with Crippen LogP contribution in [0.5, 0.6) is 11.5 Å². The Kier molecular flexibility index (Phi) is 4.74. The maximum atomic E-state index is 12.9. The number of carbonyl (C=O) groups is 1. The molecule has 3 aromatic carbocycles. The van der Waals surface area contributed by atoms with Crippen molar-refractivity contribution in [3.05, 3.63) is 108 Å². The Bertz CT molecular complexity index is 1140. The zero-order valence-electron chi connectivity index (χ0n) is 16.3. The number of hydrogen-bond acceptors (Lipinski definition) is 3. The lowest BCUT2D eigenvalue weighted by Gasteiger charge is -2.27. The number of aromatic nitrogens is 1. The zero-order valence-corrected chi connectivity index (χ0v) is 16.3. The van der Waals surface area contributed by atoms with E-state index in [-0.39, 0.29) is 11.8 Å². The molecule has 4 nitrogen and oxygen atoms in total. The summed E-state index contributed by atoms with van der Waals surface area (Å²) in [6, 6.07) is 27.6. The van der Waals surface area contributed by atoms with E-state index in [9.17, 15) is 4.79 Å². The monoisotopic (exact) mass is 392 g/mol. The molecule has 1 aliphatic rings. The second kappa shape index (κ2) is 7.84. The highest BCUT2D eigenvalue weighted by molar-refractivity contribution is 5.92. The smallest absolute Gasteiger partial charge is 0.225 e. The molecule has 2 heterocycles. The number of hydrogen-bond donors (Lipinski definition) is 1. The van der Waals surface area contributed by atoms with Gasteiger partial charge in [-0.2, -0.15) is 0 Å². The molecule has 0 fully saturated rings. The molecular formula is C26H20N2O2. The van der Waals surface area contributed by atoms with Gasteiger partial charge in [0, 0.05) is 41.5 Å². The summed E-state index contributed by atoms with van der Waals surface area (Å²) in [5, 5.41) is 3.04. The van der Waals surface area contributed by atoms with Gasteiger partial charge in [-0.05, 0) is 47.5 Å². The van der Waals surface area contributed by atoms with Gasteiger partial charge in [0.2, 0.25) is 5.91 Å². The summed E-state index contributed by atoms with van der Waals surface area (Å²) in [6.07, 6.45) is 3.90. The largest absolute Gasteiger partial charge is 0.457 e. The molecule has 0 atom stereocenters. The minimum absolute atomic E-state index is 0.0248. The summed E-state index contributed by atoms with van der Waals surface area (Å²) in [5.41, 5.74) is 5.05. The fraction of sp³-hybridized carbons (Fsp3) is 0.0769. The van der Waals surface area contributed by atoms with Crippen LogP contribution in [-0.2, 0) is 4.79 Å². The van der Waals surface area contributed by atoms with E-state index in [1.807, 2.05) is 84.9 Å². The van der Waals surface area contributed by atoms with Crippen LogP contribution in [0.4, 0.5) is 5.69 Å². The highest BCUT2D eigenvalue weighted by Gasteiger charge is 2.28. The van der Waals surface area contributed by atoms with Crippen molar-refractivity contribution in [2.24, 2.45) is 0 Å². The Morgan fingerprint density at radius 3 is 1.97 bits per heavy atom. The molecule has 1 aliphatic heterocycles. The Balaban J connectivity index is 1.35. The molecule has 0 spiro atoms. The van der Waals surface area contributed by atoms with Crippen molar-refractivity contribution < 1.29 is 9.53 Å². The van der Waals surface area contributed by atoms with E-state index < -0.39 is 0 Å². The first kappa shape index (κ1) is 18.1. The summed E-state index contributed by atoms with van der Waals surface area (Å²) in [6.45, 7) is 0.